The van der Waals surface area contributed by atoms with Gasteiger partial charge in [-0.15, -0.1) is 0 Å². The average Bonchev–Trinajstić information content (AvgIpc) is 3.19. The normalized spacial score (nSPS) is 19.9. The van der Waals surface area contributed by atoms with Gasteiger partial charge >= 0.3 is 0 Å². The van der Waals surface area contributed by atoms with E-state index in [1.807, 2.05) is 51.7 Å². The number of rotatable bonds is 4. The zero-order valence-electron chi connectivity index (χ0n) is 18.0. The minimum Gasteiger partial charge on any atom is -0.486 e. The lowest BCUT2D eigenvalue weighted by Crippen LogP contribution is -2.37. The molecule has 1 saturated heterocycles. The molecule has 0 saturated carbocycles. The summed E-state index contributed by atoms with van der Waals surface area (Å²) in [5.74, 6) is 3.52. The van der Waals surface area contributed by atoms with Crippen LogP contribution in [0.25, 0.3) is 5.69 Å². The van der Waals surface area contributed by atoms with Crippen molar-refractivity contribution < 1.29 is 23.7 Å². The summed E-state index contributed by atoms with van der Waals surface area (Å²) in [6.07, 6.45) is -0.416. The highest BCUT2D eigenvalue weighted by molar-refractivity contribution is 7.71. The van der Waals surface area contributed by atoms with Gasteiger partial charge in [-0.3, -0.25) is 9.47 Å². The van der Waals surface area contributed by atoms with Crippen LogP contribution >= 0.6 is 12.2 Å². The molecule has 3 aliphatic heterocycles. The Morgan fingerprint density at radius 2 is 1.64 bits per heavy atom. The van der Waals surface area contributed by atoms with E-state index in [2.05, 4.69) is 4.90 Å². The minimum absolute atomic E-state index is 0.338. The lowest BCUT2D eigenvalue weighted by Gasteiger charge is -2.26. The van der Waals surface area contributed by atoms with Crippen LogP contribution in [0.15, 0.2) is 42.5 Å². The second-order valence-corrected chi connectivity index (χ2v) is 8.40. The molecule has 0 N–H and O–H groups in total. The summed E-state index contributed by atoms with van der Waals surface area (Å²) >= 11 is 5.90. The van der Waals surface area contributed by atoms with E-state index in [-0.39, 0.29) is 0 Å². The molecule has 4 heterocycles. The van der Waals surface area contributed by atoms with Gasteiger partial charge in [0.05, 0.1) is 25.6 Å². The summed E-state index contributed by atoms with van der Waals surface area (Å²) in [5, 5.41) is 4.90. The van der Waals surface area contributed by atoms with Crippen molar-refractivity contribution in [2.75, 3.05) is 46.1 Å². The van der Waals surface area contributed by atoms with Crippen molar-refractivity contribution in [2.24, 2.45) is 0 Å². The molecule has 3 aliphatic rings. The molecule has 1 atom stereocenters. The van der Waals surface area contributed by atoms with E-state index in [1.165, 1.54) is 0 Å². The fourth-order valence-electron chi connectivity index (χ4n) is 4.22. The summed E-state index contributed by atoms with van der Waals surface area (Å²) in [5.41, 5.74) is 0.843. The van der Waals surface area contributed by atoms with Crippen molar-refractivity contribution in [3.63, 3.8) is 0 Å². The van der Waals surface area contributed by atoms with Crippen LogP contribution < -0.4 is 18.9 Å². The first-order valence-electron chi connectivity index (χ1n) is 11.0. The predicted octanol–water partition coefficient (Wildman–Crippen LogP) is 2.98. The van der Waals surface area contributed by atoms with Crippen molar-refractivity contribution in [3.05, 3.63) is 53.1 Å². The summed E-state index contributed by atoms with van der Waals surface area (Å²) in [6.45, 7) is 5.07. The molecule has 0 bridgehead atoms. The van der Waals surface area contributed by atoms with Gasteiger partial charge in [0.2, 0.25) is 4.77 Å². The molecule has 9 nitrogen and oxygen atoms in total. The number of hydrogen-bond donors (Lipinski definition) is 0. The Morgan fingerprint density at radius 3 is 2.48 bits per heavy atom. The van der Waals surface area contributed by atoms with E-state index in [9.17, 15) is 0 Å². The molecule has 2 aromatic carbocycles. The lowest BCUT2D eigenvalue weighted by molar-refractivity contribution is 0.0206. The summed E-state index contributed by atoms with van der Waals surface area (Å²) in [6, 6.07) is 13.5. The van der Waals surface area contributed by atoms with Gasteiger partial charge in [-0.1, -0.05) is 12.1 Å². The summed E-state index contributed by atoms with van der Waals surface area (Å²) in [4.78, 5) is 2.28. The first kappa shape index (κ1) is 20.5. The summed E-state index contributed by atoms with van der Waals surface area (Å²) < 4.78 is 33.6. The zero-order valence-corrected chi connectivity index (χ0v) is 18.8. The van der Waals surface area contributed by atoms with Crippen LogP contribution in [0.1, 0.15) is 11.9 Å². The quantitative estimate of drug-likeness (QED) is 0.542. The van der Waals surface area contributed by atoms with Crippen molar-refractivity contribution in [2.45, 2.75) is 12.8 Å². The first-order valence-corrected chi connectivity index (χ1v) is 11.5. The number of para-hydroxylation sites is 2. The van der Waals surface area contributed by atoms with Crippen molar-refractivity contribution >= 4 is 12.2 Å². The van der Waals surface area contributed by atoms with Crippen LogP contribution in [0, 0.1) is 4.77 Å². The molecule has 0 aliphatic carbocycles. The molecule has 0 amide bonds. The summed E-state index contributed by atoms with van der Waals surface area (Å²) in [7, 11) is 0. The highest BCUT2D eigenvalue weighted by Gasteiger charge is 2.30. The Labute approximate surface area is 196 Å². The third kappa shape index (κ3) is 3.94. The predicted molar refractivity (Wildman–Crippen MR) is 121 cm³/mol. The second kappa shape index (κ2) is 8.69. The van der Waals surface area contributed by atoms with Crippen LogP contribution in [0.3, 0.4) is 0 Å². The molecule has 0 unspecified atom stereocenters. The standard InChI is InChI=1S/C23H24N4O5S/c33-23-26(15-25-7-9-28-10-8-25)24-22(21-14-31-17-3-1-2-4-19(17)32-21)27(23)16-5-6-18-20(13-16)30-12-11-29-18/h1-6,13,21H,7-12,14-15H2/t21-/m0/s1. The van der Waals surface area contributed by atoms with Gasteiger partial charge in [-0.25, -0.2) is 4.68 Å². The maximum Gasteiger partial charge on any atom is 0.203 e. The molecule has 0 spiro atoms. The van der Waals surface area contributed by atoms with E-state index < -0.39 is 6.10 Å². The van der Waals surface area contributed by atoms with Crippen molar-refractivity contribution in [1.82, 2.24) is 19.2 Å². The van der Waals surface area contributed by atoms with Crippen LogP contribution in [0.4, 0.5) is 0 Å². The minimum atomic E-state index is -0.416. The maximum atomic E-state index is 6.29. The molecule has 1 aromatic heterocycles. The first-order chi connectivity index (χ1) is 16.3. The van der Waals surface area contributed by atoms with Gasteiger partial charge in [0.15, 0.2) is 34.9 Å². The van der Waals surface area contributed by atoms with Gasteiger partial charge in [0.1, 0.15) is 19.8 Å². The monoisotopic (exact) mass is 468 g/mol. The molecule has 0 radical (unpaired) electrons. The number of benzene rings is 2. The molecule has 3 aromatic rings. The number of nitrogens with zero attached hydrogens (tertiary/aromatic N) is 4. The SMILES string of the molecule is S=c1n(CN2CCOCC2)nc([C@@H]2COc3ccccc3O2)n1-c1ccc2c(c1)OCCO2. The van der Waals surface area contributed by atoms with E-state index in [4.69, 9.17) is 41.0 Å². The van der Waals surface area contributed by atoms with Gasteiger partial charge in [0, 0.05) is 19.2 Å². The fourth-order valence-corrected chi connectivity index (χ4v) is 4.52. The van der Waals surface area contributed by atoms with Gasteiger partial charge in [-0.2, -0.15) is 5.10 Å². The highest BCUT2D eigenvalue weighted by Crippen LogP contribution is 2.37. The molecular formula is C23H24N4O5S. The molecule has 6 rings (SSSR count). The Hall–Kier alpha value is -3.08. The van der Waals surface area contributed by atoms with Crippen molar-refractivity contribution in [1.29, 1.82) is 0 Å². The topological polar surface area (TPSA) is 72.1 Å². The third-order valence-corrected chi connectivity index (χ3v) is 6.28. The van der Waals surface area contributed by atoms with Crippen LogP contribution in [0.2, 0.25) is 0 Å². The Balaban J connectivity index is 1.41. The van der Waals surface area contributed by atoms with Gasteiger partial charge < -0.3 is 23.7 Å². The molecule has 10 heteroatoms. The fraction of sp³-hybridized carbons (Fsp3) is 0.391. The number of ether oxygens (including phenoxy) is 5. The Morgan fingerprint density at radius 1 is 0.879 bits per heavy atom. The maximum absolute atomic E-state index is 6.29. The molecule has 33 heavy (non-hydrogen) atoms. The van der Waals surface area contributed by atoms with Crippen LogP contribution in [-0.2, 0) is 11.4 Å². The number of fused-ring (bicyclic) bond motifs is 2. The largest absolute Gasteiger partial charge is 0.486 e. The van der Waals surface area contributed by atoms with Gasteiger partial charge in [-0.05, 0) is 36.5 Å². The second-order valence-electron chi connectivity index (χ2n) is 8.04. The van der Waals surface area contributed by atoms with E-state index >= 15 is 0 Å². The zero-order chi connectivity index (χ0) is 22.2. The number of hydrogen-bond acceptors (Lipinski definition) is 8. The molecule has 1 fully saturated rings. The van der Waals surface area contributed by atoms with Crippen LogP contribution in [-0.4, -0.2) is 65.4 Å². The Bertz CT molecular complexity index is 1220. The molecule has 172 valence electrons. The smallest absolute Gasteiger partial charge is 0.203 e. The number of morpholine rings is 1. The van der Waals surface area contributed by atoms with E-state index in [1.54, 1.807) is 0 Å². The van der Waals surface area contributed by atoms with E-state index in [0.29, 0.717) is 61.8 Å². The lowest BCUT2D eigenvalue weighted by atomic mass is 10.2. The molecular weight excluding hydrogens is 444 g/mol. The van der Waals surface area contributed by atoms with E-state index in [0.717, 1.165) is 30.3 Å². The number of aromatic nitrogens is 3. The van der Waals surface area contributed by atoms with Crippen molar-refractivity contribution in [3.8, 4) is 28.7 Å². The van der Waals surface area contributed by atoms with Crippen LogP contribution in [0.5, 0.6) is 23.0 Å². The average molecular weight is 469 g/mol. The highest BCUT2D eigenvalue weighted by atomic mass is 32.1. The Kier molecular flexibility index (Phi) is 5.41. The van der Waals surface area contributed by atoms with Gasteiger partial charge in [0.25, 0.3) is 0 Å². The third-order valence-electron chi connectivity index (χ3n) is 5.88.